The zero-order valence-electron chi connectivity index (χ0n) is 5.33. The van der Waals surface area contributed by atoms with Gasteiger partial charge in [-0.2, -0.15) is 0 Å². The fourth-order valence-electron chi connectivity index (χ4n) is 0.577. The van der Waals surface area contributed by atoms with E-state index >= 15 is 0 Å². The van der Waals surface area contributed by atoms with E-state index in [1.807, 2.05) is 0 Å². The van der Waals surface area contributed by atoms with Gasteiger partial charge in [0.05, 0.1) is 5.02 Å². The Labute approximate surface area is 73.7 Å². The van der Waals surface area contributed by atoms with Crippen LogP contribution in [0.1, 0.15) is 0 Å². The monoisotopic (exact) mass is 191 g/mol. The quantitative estimate of drug-likeness (QED) is 0.488. The lowest BCUT2D eigenvalue weighted by atomic mass is 9.82. The SMILES string of the molecule is OB(O)c1cnc(Cl)c(Cl)c1. The predicted molar refractivity (Wildman–Crippen MR) is 44.1 cm³/mol. The summed E-state index contributed by atoms with van der Waals surface area (Å²) in [5.41, 5.74) is 0.222. The Morgan fingerprint density at radius 3 is 2.45 bits per heavy atom. The molecular weight excluding hydrogens is 188 g/mol. The van der Waals surface area contributed by atoms with Crippen LogP contribution in [0.3, 0.4) is 0 Å². The number of rotatable bonds is 1. The van der Waals surface area contributed by atoms with Gasteiger partial charge in [-0.1, -0.05) is 23.2 Å². The minimum atomic E-state index is -1.56. The molecule has 6 heteroatoms. The summed E-state index contributed by atoms with van der Waals surface area (Å²) >= 11 is 11.0. The first-order valence-electron chi connectivity index (χ1n) is 2.78. The molecule has 2 N–H and O–H groups in total. The highest BCUT2D eigenvalue weighted by molar-refractivity contribution is 6.59. The Hall–Kier alpha value is -0.285. The summed E-state index contributed by atoms with van der Waals surface area (Å²) in [5.74, 6) is 0. The Morgan fingerprint density at radius 2 is 2.00 bits per heavy atom. The van der Waals surface area contributed by atoms with E-state index < -0.39 is 7.12 Å². The van der Waals surface area contributed by atoms with Gasteiger partial charge in [-0.25, -0.2) is 4.98 Å². The van der Waals surface area contributed by atoms with E-state index in [0.717, 1.165) is 0 Å². The van der Waals surface area contributed by atoms with Crippen LogP contribution >= 0.6 is 23.2 Å². The molecule has 0 radical (unpaired) electrons. The number of aromatic nitrogens is 1. The first-order valence-corrected chi connectivity index (χ1v) is 3.54. The summed E-state index contributed by atoms with van der Waals surface area (Å²) in [5, 5.41) is 17.7. The number of pyridine rings is 1. The summed E-state index contributed by atoms with van der Waals surface area (Å²) in [6.45, 7) is 0. The molecule has 0 aliphatic carbocycles. The lowest BCUT2D eigenvalue weighted by Gasteiger charge is -1.99. The average Bonchev–Trinajstić information content (AvgIpc) is 1.94. The second-order valence-electron chi connectivity index (χ2n) is 1.91. The van der Waals surface area contributed by atoms with Crippen molar-refractivity contribution in [3.05, 3.63) is 22.4 Å². The highest BCUT2D eigenvalue weighted by Crippen LogP contribution is 2.15. The van der Waals surface area contributed by atoms with E-state index in [1.165, 1.54) is 12.3 Å². The van der Waals surface area contributed by atoms with E-state index in [-0.39, 0.29) is 15.6 Å². The van der Waals surface area contributed by atoms with Crippen molar-refractivity contribution < 1.29 is 10.0 Å². The normalized spacial score (nSPS) is 9.82. The van der Waals surface area contributed by atoms with Gasteiger partial charge >= 0.3 is 7.12 Å². The van der Waals surface area contributed by atoms with Crippen LogP contribution in [-0.4, -0.2) is 22.2 Å². The second-order valence-corrected chi connectivity index (χ2v) is 2.68. The fourth-order valence-corrected chi connectivity index (χ4v) is 0.855. The molecule has 1 heterocycles. The van der Waals surface area contributed by atoms with Crippen LogP contribution < -0.4 is 5.46 Å². The lowest BCUT2D eigenvalue weighted by Crippen LogP contribution is -2.30. The van der Waals surface area contributed by atoms with Crippen LogP contribution in [0.25, 0.3) is 0 Å². The maximum absolute atomic E-state index is 8.65. The number of hydrogen-bond donors (Lipinski definition) is 2. The van der Waals surface area contributed by atoms with Crippen LogP contribution in [0.2, 0.25) is 10.2 Å². The van der Waals surface area contributed by atoms with Crippen molar-refractivity contribution in [3.8, 4) is 0 Å². The summed E-state index contributed by atoms with van der Waals surface area (Å²) < 4.78 is 0. The van der Waals surface area contributed by atoms with Crippen molar-refractivity contribution in [3.63, 3.8) is 0 Å². The molecule has 0 bridgehead atoms. The van der Waals surface area contributed by atoms with Gasteiger partial charge in [0.25, 0.3) is 0 Å². The van der Waals surface area contributed by atoms with E-state index in [4.69, 9.17) is 33.2 Å². The first-order chi connectivity index (χ1) is 5.11. The van der Waals surface area contributed by atoms with Gasteiger partial charge in [0, 0.05) is 11.7 Å². The highest BCUT2D eigenvalue weighted by atomic mass is 35.5. The van der Waals surface area contributed by atoms with Crippen molar-refractivity contribution in [1.29, 1.82) is 0 Å². The number of halogens is 2. The van der Waals surface area contributed by atoms with Crippen molar-refractivity contribution in [1.82, 2.24) is 4.98 Å². The van der Waals surface area contributed by atoms with Crippen LogP contribution in [0.5, 0.6) is 0 Å². The average molecular weight is 192 g/mol. The van der Waals surface area contributed by atoms with E-state index in [9.17, 15) is 0 Å². The number of nitrogens with zero attached hydrogens (tertiary/aromatic N) is 1. The summed E-state index contributed by atoms with van der Waals surface area (Å²) in [4.78, 5) is 3.61. The second kappa shape index (κ2) is 3.41. The molecule has 1 rings (SSSR count). The molecule has 0 aromatic carbocycles. The van der Waals surface area contributed by atoms with Crippen LogP contribution in [-0.2, 0) is 0 Å². The van der Waals surface area contributed by atoms with E-state index in [0.29, 0.717) is 0 Å². The zero-order valence-corrected chi connectivity index (χ0v) is 6.84. The first kappa shape index (κ1) is 8.81. The van der Waals surface area contributed by atoms with Gasteiger partial charge in [-0.3, -0.25) is 0 Å². The Bertz CT molecular complexity index is 269. The smallest absolute Gasteiger partial charge is 0.423 e. The molecule has 1 aromatic rings. The predicted octanol–water partition coefficient (Wildman–Crippen LogP) is 0.0682. The number of hydrogen-bond acceptors (Lipinski definition) is 3. The molecule has 0 aliphatic rings. The molecule has 0 saturated heterocycles. The summed E-state index contributed by atoms with van der Waals surface area (Å²) in [7, 11) is -1.56. The molecule has 0 fully saturated rings. The highest BCUT2D eigenvalue weighted by Gasteiger charge is 2.12. The van der Waals surface area contributed by atoms with Crippen molar-refractivity contribution in [2.24, 2.45) is 0 Å². The molecule has 0 aliphatic heterocycles. The van der Waals surface area contributed by atoms with Crippen LogP contribution in [0.4, 0.5) is 0 Å². The third-order valence-corrected chi connectivity index (χ3v) is 1.80. The zero-order chi connectivity index (χ0) is 8.43. The molecular formula is C5H4BCl2NO2. The third kappa shape index (κ3) is 2.07. The Balaban J connectivity index is 3.05. The van der Waals surface area contributed by atoms with Crippen LogP contribution in [0.15, 0.2) is 12.3 Å². The van der Waals surface area contributed by atoms with Gasteiger partial charge in [-0.15, -0.1) is 0 Å². The Kier molecular flexibility index (Phi) is 2.73. The molecule has 1 aromatic heterocycles. The van der Waals surface area contributed by atoms with E-state index in [2.05, 4.69) is 4.98 Å². The standard InChI is InChI=1S/C5H4BCl2NO2/c7-4-1-3(6(10)11)2-9-5(4)8/h1-2,10-11H. The molecule has 0 amide bonds. The van der Waals surface area contributed by atoms with Gasteiger partial charge < -0.3 is 10.0 Å². The minimum Gasteiger partial charge on any atom is -0.423 e. The maximum atomic E-state index is 8.65. The lowest BCUT2D eigenvalue weighted by molar-refractivity contribution is 0.425. The fraction of sp³-hybridized carbons (Fsp3) is 0. The van der Waals surface area contributed by atoms with E-state index in [1.54, 1.807) is 0 Å². The van der Waals surface area contributed by atoms with Crippen LogP contribution in [0, 0.1) is 0 Å². The van der Waals surface area contributed by atoms with Gasteiger partial charge in [0.15, 0.2) is 0 Å². The van der Waals surface area contributed by atoms with Crippen molar-refractivity contribution in [2.75, 3.05) is 0 Å². The molecule has 0 spiro atoms. The minimum absolute atomic E-state index is 0.149. The molecule has 58 valence electrons. The van der Waals surface area contributed by atoms with Gasteiger partial charge in [0.2, 0.25) is 0 Å². The third-order valence-electron chi connectivity index (χ3n) is 1.12. The van der Waals surface area contributed by atoms with Gasteiger partial charge in [0.1, 0.15) is 5.15 Å². The molecule has 0 unspecified atom stereocenters. The van der Waals surface area contributed by atoms with Crippen molar-refractivity contribution >= 4 is 35.8 Å². The topological polar surface area (TPSA) is 53.4 Å². The molecule has 0 atom stereocenters. The molecule has 11 heavy (non-hydrogen) atoms. The molecule has 3 nitrogen and oxygen atoms in total. The Morgan fingerprint density at radius 1 is 1.36 bits per heavy atom. The summed E-state index contributed by atoms with van der Waals surface area (Å²) in [6.07, 6.45) is 1.25. The summed E-state index contributed by atoms with van der Waals surface area (Å²) in [6, 6.07) is 1.35. The largest absolute Gasteiger partial charge is 0.490 e. The molecule has 0 saturated carbocycles. The van der Waals surface area contributed by atoms with Gasteiger partial charge in [-0.05, 0) is 6.07 Å². The maximum Gasteiger partial charge on any atom is 0.490 e. The van der Waals surface area contributed by atoms with Crippen molar-refractivity contribution in [2.45, 2.75) is 0 Å².